The van der Waals surface area contributed by atoms with E-state index in [1.165, 1.54) is 12.2 Å². The van der Waals surface area contributed by atoms with Crippen LogP contribution < -0.4 is 5.56 Å². The minimum atomic E-state index is -0.121. The van der Waals surface area contributed by atoms with Gasteiger partial charge in [0.1, 0.15) is 0 Å². The van der Waals surface area contributed by atoms with Gasteiger partial charge in [0.2, 0.25) is 0 Å². The molecule has 1 unspecified atom stereocenters. The molecule has 2 heterocycles. The lowest BCUT2D eigenvalue weighted by Crippen LogP contribution is -2.10. The summed E-state index contributed by atoms with van der Waals surface area (Å²) < 4.78 is 0. The zero-order valence-electron chi connectivity index (χ0n) is 6.62. The van der Waals surface area contributed by atoms with Gasteiger partial charge in [0.15, 0.2) is 0 Å². The van der Waals surface area contributed by atoms with Gasteiger partial charge in [-0.05, 0) is 18.2 Å². The van der Waals surface area contributed by atoms with Crippen LogP contribution in [0, 0.1) is 0 Å². The van der Waals surface area contributed by atoms with Crippen LogP contribution in [0.15, 0.2) is 16.9 Å². The third kappa shape index (κ3) is 1.53. The van der Waals surface area contributed by atoms with Crippen molar-refractivity contribution in [3.05, 3.63) is 28.2 Å². The first kappa shape index (κ1) is 7.86. The number of hydrogen-bond acceptors (Lipinski definition) is 3. The van der Waals surface area contributed by atoms with E-state index in [1.54, 1.807) is 6.07 Å². The van der Waals surface area contributed by atoms with Gasteiger partial charge in [-0.25, -0.2) is 5.10 Å². The Hall–Kier alpha value is -0.770. The van der Waals surface area contributed by atoms with Crippen LogP contribution in [-0.4, -0.2) is 21.7 Å². The highest BCUT2D eigenvalue weighted by Crippen LogP contribution is 2.30. The fraction of sp³-hybridized carbons (Fsp3) is 0.500. The second-order valence-corrected chi connectivity index (χ2v) is 4.06. The number of aromatic amines is 1. The maximum atomic E-state index is 10.7. The van der Waals surface area contributed by atoms with Crippen molar-refractivity contribution in [2.45, 2.75) is 12.3 Å². The lowest BCUT2D eigenvalue weighted by molar-refractivity contribution is 0.724. The summed E-state index contributed by atoms with van der Waals surface area (Å²) in [7, 11) is 0. The van der Waals surface area contributed by atoms with Gasteiger partial charge in [-0.1, -0.05) is 0 Å². The molecule has 1 aromatic heterocycles. The topological polar surface area (TPSA) is 45.8 Å². The van der Waals surface area contributed by atoms with Gasteiger partial charge in [0.25, 0.3) is 5.56 Å². The second-order valence-electron chi connectivity index (χ2n) is 2.91. The van der Waals surface area contributed by atoms with Gasteiger partial charge in [0.05, 0.1) is 5.69 Å². The van der Waals surface area contributed by atoms with E-state index in [1.807, 2.05) is 17.8 Å². The van der Waals surface area contributed by atoms with Crippen LogP contribution in [-0.2, 0) is 0 Å². The molecule has 12 heavy (non-hydrogen) atoms. The average molecular weight is 182 g/mol. The highest BCUT2D eigenvalue weighted by atomic mass is 32.2. The number of nitrogens with one attached hydrogen (secondary N) is 1. The Morgan fingerprint density at radius 2 is 2.50 bits per heavy atom. The Morgan fingerprint density at radius 3 is 3.08 bits per heavy atom. The molecule has 0 saturated carbocycles. The largest absolute Gasteiger partial charge is 0.268 e. The molecule has 1 saturated heterocycles. The molecule has 1 aliphatic heterocycles. The van der Waals surface area contributed by atoms with Crippen molar-refractivity contribution in [2.24, 2.45) is 0 Å². The maximum Gasteiger partial charge on any atom is 0.264 e. The van der Waals surface area contributed by atoms with Crippen LogP contribution in [0.1, 0.15) is 18.0 Å². The van der Waals surface area contributed by atoms with E-state index in [-0.39, 0.29) is 5.56 Å². The minimum Gasteiger partial charge on any atom is -0.268 e. The van der Waals surface area contributed by atoms with Crippen molar-refractivity contribution >= 4 is 11.8 Å². The SMILES string of the molecule is O=c1ccc(C2CCSC2)n[nH]1. The molecule has 0 aliphatic carbocycles. The van der Waals surface area contributed by atoms with Gasteiger partial charge in [-0.15, -0.1) is 0 Å². The molecule has 2 rings (SSSR count). The molecule has 1 atom stereocenters. The number of nitrogens with zero attached hydrogens (tertiary/aromatic N) is 1. The number of H-pyrrole nitrogens is 1. The van der Waals surface area contributed by atoms with E-state index in [9.17, 15) is 4.79 Å². The molecular formula is C8H10N2OS. The van der Waals surface area contributed by atoms with Crippen molar-refractivity contribution in [1.29, 1.82) is 0 Å². The van der Waals surface area contributed by atoms with Gasteiger partial charge in [-0.2, -0.15) is 16.9 Å². The van der Waals surface area contributed by atoms with Crippen molar-refractivity contribution in [2.75, 3.05) is 11.5 Å². The summed E-state index contributed by atoms with van der Waals surface area (Å²) in [4.78, 5) is 10.7. The van der Waals surface area contributed by atoms with Crippen LogP contribution in [0.2, 0.25) is 0 Å². The zero-order chi connectivity index (χ0) is 8.39. The van der Waals surface area contributed by atoms with Crippen LogP contribution in [0.25, 0.3) is 0 Å². The van der Waals surface area contributed by atoms with Gasteiger partial charge >= 0.3 is 0 Å². The Bertz CT molecular complexity index is 297. The number of aromatic nitrogens is 2. The van der Waals surface area contributed by atoms with Crippen molar-refractivity contribution in [3.63, 3.8) is 0 Å². The first-order valence-corrected chi connectivity index (χ1v) is 5.15. The number of thioether (sulfide) groups is 1. The zero-order valence-corrected chi connectivity index (χ0v) is 7.43. The predicted octanol–water partition coefficient (Wildman–Crippen LogP) is 0.990. The van der Waals surface area contributed by atoms with E-state index >= 15 is 0 Å². The summed E-state index contributed by atoms with van der Waals surface area (Å²) in [5.41, 5.74) is 0.906. The van der Waals surface area contributed by atoms with E-state index in [2.05, 4.69) is 10.2 Å². The van der Waals surface area contributed by atoms with Crippen LogP contribution >= 0.6 is 11.8 Å². The van der Waals surface area contributed by atoms with Gasteiger partial charge in [-0.3, -0.25) is 4.79 Å². The Labute approximate surface area is 74.6 Å². The summed E-state index contributed by atoms with van der Waals surface area (Å²) in [5.74, 6) is 2.90. The standard InChI is InChI=1S/C8H10N2OS/c11-8-2-1-7(9-10-8)6-3-4-12-5-6/h1-2,6H,3-5H2,(H,10,11). The first-order valence-electron chi connectivity index (χ1n) is 3.99. The minimum absolute atomic E-state index is 0.121. The van der Waals surface area contributed by atoms with Crippen LogP contribution in [0.5, 0.6) is 0 Å². The molecule has 0 bridgehead atoms. The number of hydrogen-bond donors (Lipinski definition) is 1. The smallest absolute Gasteiger partial charge is 0.264 e. The van der Waals surface area contributed by atoms with E-state index in [4.69, 9.17) is 0 Å². The summed E-state index contributed by atoms with van der Waals surface area (Å²) in [5, 5.41) is 6.47. The van der Waals surface area contributed by atoms with Gasteiger partial charge in [0, 0.05) is 17.7 Å². The van der Waals surface area contributed by atoms with Crippen molar-refractivity contribution < 1.29 is 0 Å². The summed E-state index contributed by atoms with van der Waals surface area (Å²) in [6.45, 7) is 0. The first-order chi connectivity index (χ1) is 5.86. The summed E-state index contributed by atoms with van der Waals surface area (Å²) in [6.07, 6.45) is 1.18. The molecule has 1 N–H and O–H groups in total. The normalized spacial score (nSPS) is 22.8. The molecule has 0 aromatic carbocycles. The predicted molar refractivity (Wildman–Crippen MR) is 49.5 cm³/mol. The number of rotatable bonds is 1. The Morgan fingerprint density at radius 1 is 1.58 bits per heavy atom. The van der Waals surface area contributed by atoms with Crippen LogP contribution in [0.3, 0.4) is 0 Å². The van der Waals surface area contributed by atoms with Gasteiger partial charge < -0.3 is 0 Å². The Balaban J connectivity index is 2.22. The third-order valence-corrected chi connectivity index (χ3v) is 3.21. The maximum absolute atomic E-state index is 10.7. The van der Waals surface area contributed by atoms with Crippen LogP contribution in [0.4, 0.5) is 0 Å². The fourth-order valence-electron chi connectivity index (χ4n) is 1.35. The molecule has 4 heteroatoms. The second kappa shape index (κ2) is 3.31. The highest BCUT2D eigenvalue weighted by Gasteiger charge is 2.18. The third-order valence-electron chi connectivity index (χ3n) is 2.05. The molecule has 3 nitrogen and oxygen atoms in total. The summed E-state index contributed by atoms with van der Waals surface area (Å²) in [6, 6.07) is 3.38. The van der Waals surface area contributed by atoms with E-state index < -0.39 is 0 Å². The monoisotopic (exact) mass is 182 g/mol. The Kier molecular flexibility index (Phi) is 2.17. The molecule has 1 aliphatic rings. The molecule has 0 spiro atoms. The van der Waals surface area contributed by atoms with E-state index in [0.29, 0.717) is 5.92 Å². The molecule has 1 aromatic rings. The average Bonchev–Trinajstić information content (AvgIpc) is 2.58. The highest BCUT2D eigenvalue weighted by molar-refractivity contribution is 7.99. The molecule has 1 fully saturated rings. The lowest BCUT2D eigenvalue weighted by atomic mass is 10.1. The summed E-state index contributed by atoms with van der Waals surface area (Å²) >= 11 is 1.95. The molecule has 0 amide bonds. The van der Waals surface area contributed by atoms with E-state index in [0.717, 1.165) is 11.4 Å². The molecule has 0 radical (unpaired) electrons. The van der Waals surface area contributed by atoms with Crippen molar-refractivity contribution in [3.8, 4) is 0 Å². The molecular weight excluding hydrogens is 172 g/mol. The molecule has 64 valence electrons. The fourth-order valence-corrected chi connectivity index (χ4v) is 2.59. The quantitative estimate of drug-likeness (QED) is 0.704. The lowest BCUT2D eigenvalue weighted by Gasteiger charge is -2.04. The van der Waals surface area contributed by atoms with Crippen molar-refractivity contribution in [1.82, 2.24) is 10.2 Å².